The van der Waals surface area contributed by atoms with Crippen LogP contribution >= 0.6 is 0 Å². The zero-order chi connectivity index (χ0) is 32.8. The highest BCUT2D eigenvalue weighted by Gasteiger charge is 2.52. The van der Waals surface area contributed by atoms with Gasteiger partial charge < -0.3 is 74.7 Å². The third-order valence-electron chi connectivity index (χ3n) is 7.31. The van der Waals surface area contributed by atoms with Crippen LogP contribution in [0.1, 0.15) is 11.1 Å². The second kappa shape index (κ2) is 15.2. The number of phenols is 4. The maximum Gasteiger partial charge on any atom is 0.331 e. The summed E-state index contributed by atoms with van der Waals surface area (Å²) >= 11 is 0. The zero-order valence-electron chi connectivity index (χ0n) is 23.6. The van der Waals surface area contributed by atoms with Gasteiger partial charge in [-0.2, -0.15) is 0 Å². The molecule has 2 aliphatic heterocycles. The molecule has 2 fully saturated rings. The van der Waals surface area contributed by atoms with E-state index in [-0.39, 0.29) is 30.3 Å². The maximum absolute atomic E-state index is 12.8. The topological polar surface area (TPSA) is 266 Å². The van der Waals surface area contributed by atoms with Gasteiger partial charge in [0, 0.05) is 6.08 Å². The van der Waals surface area contributed by atoms with Crippen LogP contribution in [-0.4, -0.2) is 138 Å². The summed E-state index contributed by atoms with van der Waals surface area (Å²) in [5.41, 5.74) is 0.870. The lowest BCUT2D eigenvalue weighted by atomic mass is 9.96. The molecule has 0 spiro atoms. The SMILES string of the molecule is O=C(/C=C\c1ccc(O)c(O)c1)O[C@H]1[C@H](O[C@@H]2O[C@@H](CO)[C@@H](O)[C@H](O)[C@H]2O)[C@@H](O)[C@H](OCCc2ccc(O)c(O)c2)O[C@@H]1CO. The van der Waals surface area contributed by atoms with E-state index in [9.17, 15) is 55.9 Å². The molecule has 2 aliphatic rings. The number of rotatable bonds is 11. The van der Waals surface area contributed by atoms with Gasteiger partial charge in [-0.05, 0) is 47.9 Å². The second-order valence-electron chi connectivity index (χ2n) is 10.4. The smallest absolute Gasteiger partial charge is 0.331 e. The van der Waals surface area contributed by atoms with E-state index in [4.69, 9.17) is 23.7 Å². The average Bonchev–Trinajstić information content (AvgIpc) is 3.02. The van der Waals surface area contributed by atoms with Crippen LogP contribution in [0.15, 0.2) is 42.5 Å². The van der Waals surface area contributed by atoms with Crippen molar-refractivity contribution in [2.24, 2.45) is 0 Å². The van der Waals surface area contributed by atoms with Crippen molar-refractivity contribution in [3.05, 3.63) is 53.6 Å². The number of phenolic OH excluding ortho intramolecular Hbond substituents is 4. The van der Waals surface area contributed by atoms with Crippen LogP contribution in [0.25, 0.3) is 6.08 Å². The Hall–Kier alpha value is -3.55. The summed E-state index contributed by atoms with van der Waals surface area (Å²) in [6, 6.07) is 7.88. The number of esters is 1. The number of ether oxygens (including phenoxy) is 5. The Bertz CT molecular complexity index is 1320. The highest BCUT2D eigenvalue weighted by molar-refractivity contribution is 5.87. The Labute approximate surface area is 256 Å². The van der Waals surface area contributed by atoms with Crippen LogP contribution in [0.2, 0.25) is 0 Å². The number of hydrogen-bond donors (Lipinski definition) is 10. The quantitative estimate of drug-likeness (QED) is 0.0720. The largest absolute Gasteiger partial charge is 0.504 e. The summed E-state index contributed by atoms with van der Waals surface area (Å²) in [4.78, 5) is 12.8. The Kier molecular flexibility index (Phi) is 11.6. The van der Waals surface area contributed by atoms with Gasteiger partial charge in [0.1, 0.15) is 42.7 Å². The lowest BCUT2D eigenvalue weighted by molar-refractivity contribution is -0.360. The minimum absolute atomic E-state index is 0.108. The molecular weight excluding hydrogens is 604 g/mol. The van der Waals surface area contributed by atoms with Gasteiger partial charge in [0.25, 0.3) is 0 Å². The van der Waals surface area contributed by atoms with Crippen LogP contribution < -0.4 is 0 Å². The van der Waals surface area contributed by atoms with Gasteiger partial charge in [0.15, 0.2) is 41.7 Å². The third kappa shape index (κ3) is 8.19. The summed E-state index contributed by atoms with van der Waals surface area (Å²) in [5, 5.41) is 100. The van der Waals surface area contributed by atoms with Crippen molar-refractivity contribution in [2.45, 2.75) is 67.8 Å². The molecular formula is C29H36O16. The second-order valence-corrected chi connectivity index (χ2v) is 10.4. The molecule has 10 atom stereocenters. The minimum Gasteiger partial charge on any atom is -0.504 e. The van der Waals surface area contributed by atoms with E-state index >= 15 is 0 Å². The van der Waals surface area contributed by atoms with E-state index in [1.54, 1.807) is 0 Å². The number of aromatic hydroxyl groups is 4. The van der Waals surface area contributed by atoms with Gasteiger partial charge in [0.2, 0.25) is 0 Å². The van der Waals surface area contributed by atoms with Crippen LogP contribution in [0.5, 0.6) is 23.0 Å². The number of aliphatic hydroxyl groups is 6. The number of benzene rings is 2. The van der Waals surface area contributed by atoms with E-state index < -0.39 is 86.3 Å². The van der Waals surface area contributed by atoms with Gasteiger partial charge in [0.05, 0.1) is 19.8 Å². The number of aliphatic hydroxyl groups excluding tert-OH is 6. The van der Waals surface area contributed by atoms with Gasteiger partial charge in [-0.3, -0.25) is 0 Å². The van der Waals surface area contributed by atoms with Gasteiger partial charge in [-0.25, -0.2) is 4.79 Å². The summed E-state index contributed by atoms with van der Waals surface area (Å²) in [6.45, 7) is -1.65. The Balaban J connectivity index is 1.53. The minimum atomic E-state index is -1.88. The van der Waals surface area contributed by atoms with Crippen LogP contribution in [0, 0.1) is 0 Å². The molecule has 16 nitrogen and oxygen atoms in total. The molecule has 248 valence electrons. The molecule has 0 aliphatic carbocycles. The first-order chi connectivity index (χ1) is 21.4. The van der Waals surface area contributed by atoms with Gasteiger partial charge >= 0.3 is 5.97 Å². The Morgan fingerprint density at radius 3 is 2.02 bits per heavy atom. The van der Waals surface area contributed by atoms with Crippen molar-refractivity contribution in [3.63, 3.8) is 0 Å². The normalized spacial score (nSPS) is 32.0. The molecule has 2 aromatic carbocycles. The van der Waals surface area contributed by atoms with E-state index in [0.717, 1.165) is 6.08 Å². The molecule has 0 unspecified atom stereocenters. The lowest BCUT2D eigenvalue weighted by Gasteiger charge is -2.46. The Morgan fingerprint density at radius 2 is 1.38 bits per heavy atom. The summed E-state index contributed by atoms with van der Waals surface area (Å²) in [7, 11) is 0. The molecule has 0 radical (unpaired) electrons. The average molecular weight is 641 g/mol. The summed E-state index contributed by atoms with van der Waals surface area (Å²) in [5.74, 6) is -2.50. The third-order valence-corrected chi connectivity index (χ3v) is 7.31. The van der Waals surface area contributed by atoms with E-state index in [1.807, 2.05) is 0 Å². The van der Waals surface area contributed by atoms with Crippen LogP contribution in [0.3, 0.4) is 0 Å². The van der Waals surface area contributed by atoms with E-state index in [1.165, 1.54) is 42.5 Å². The van der Waals surface area contributed by atoms with Gasteiger partial charge in [-0.1, -0.05) is 12.1 Å². The van der Waals surface area contributed by atoms with Crippen molar-refractivity contribution >= 4 is 12.0 Å². The molecule has 2 heterocycles. The molecule has 0 saturated carbocycles. The predicted octanol–water partition coefficient (Wildman–Crippen LogP) is -2.04. The number of hydrogen-bond acceptors (Lipinski definition) is 16. The van der Waals surface area contributed by atoms with Crippen molar-refractivity contribution in [1.82, 2.24) is 0 Å². The molecule has 2 saturated heterocycles. The fourth-order valence-corrected chi connectivity index (χ4v) is 4.81. The van der Waals surface area contributed by atoms with Crippen molar-refractivity contribution in [3.8, 4) is 23.0 Å². The van der Waals surface area contributed by atoms with Crippen molar-refractivity contribution < 1.29 is 79.5 Å². The van der Waals surface area contributed by atoms with Crippen molar-refractivity contribution in [1.29, 1.82) is 0 Å². The molecule has 10 N–H and O–H groups in total. The van der Waals surface area contributed by atoms with Crippen LogP contribution in [-0.2, 0) is 34.9 Å². The molecule has 4 rings (SSSR count). The molecule has 0 aromatic heterocycles. The summed E-state index contributed by atoms with van der Waals surface area (Å²) < 4.78 is 28.0. The molecule has 0 amide bonds. The predicted molar refractivity (Wildman–Crippen MR) is 149 cm³/mol. The van der Waals surface area contributed by atoms with E-state index in [0.29, 0.717) is 11.1 Å². The van der Waals surface area contributed by atoms with Crippen molar-refractivity contribution in [2.75, 3.05) is 19.8 Å². The first-order valence-electron chi connectivity index (χ1n) is 13.9. The number of carbonyl (C=O) groups is 1. The fourth-order valence-electron chi connectivity index (χ4n) is 4.81. The Morgan fingerprint density at radius 1 is 0.733 bits per heavy atom. The monoisotopic (exact) mass is 640 g/mol. The molecule has 16 heteroatoms. The molecule has 45 heavy (non-hydrogen) atoms. The lowest BCUT2D eigenvalue weighted by Crippen LogP contribution is -2.65. The summed E-state index contributed by atoms with van der Waals surface area (Å²) in [6.07, 6.45) is -14.0. The van der Waals surface area contributed by atoms with Gasteiger partial charge in [-0.15, -0.1) is 0 Å². The highest BCUT2D eigenvalue weighted by atomic mass is 16.7. The maximum atomic E-state index is 12.8. The van der Waals surface area contributed by atoms with E-state index in [2.05, 4.69) is 0 Å². The first kappa shape index (κ1) is 34.3. The first-order valence-corrected chi connectivity index (χ1v) is 13.9. The molecule has 0 bridgehead atoms. The zero-order valence-corrected chi connectivity index (χ0v) is 23.6. The standard InChI is InChI=1S/C29H36O16/c30-11-19-22(37)23(38)24(39)29(42-19)45-27-25(40)28(41-8-7-14-2-5-16(33)18(35)10-14)43-20(12-31)26(27)44-21(36)6-3-13-1-4-15(32)17(34)9-13/h1-6,9-10,19-20,22-35,37-40H,7-8,11-12H2/b6-3-/t19-,20+,22+,23-,24+,25+,26+,27+,28+,29-/m0/s1. The van der Waals surface area contributed by atoms with Crippen LogP contribution in [0.4, 0.5) is 0 Å². The number of carbonyl (C=O) groups excluding carboxylic acids is 1. The molecule has 2 aromatic rings. The fraction of sp³-hybridized carbons (Fsp3) is 0.483. The highest BCUT2D eigenvalue weighted by Crippen LogP contribution is 2.32.